The summed E-state index contributed by atoms with van der Waals surface area (Å²) in [4.78, 5) is 11.5. The standard InChI is InChI=1S/C11H21N3O4S/c1-12-11(15)10-2-4-13(5-3-10)19(16,17)14-6-8-18-9-7-14/h10H,2-9H2,1H3,(H,12,15). The number of carbonyl (C=O) groups is 1. The van der Waals surface area contributed by atoms with Crippen molar-refractivity contribution < 1.29 is 17.9 Å². The fourth-order valence-electron chi connectivity index (χ4n) is 2.49. The van der Waals surface area contributed by atoms with Gasteiger partial charge in [-0.3, -0.25) is 4.79 Å². The molecular formula is C11H21N3O4S. The molecule has 110 valence electrons. The normalized spacial score (nSPS) is 24.3. The van der Waals surface area contributed by atoms with E-state index >= 15 is 0 Å². The Morgan fingerprint density at radius 3 is 2.16 bits per heavy atom. The van der Waals surface area contributed by atoms with Crippen LogP contribution in [-0.2, 0) is 19.7 Å². The molecule has 0 aromatic heterocycles. The average molecular weight is 291 g/mol. The molecule has 0 atom stereocenters. The first-order valence-corrected chi connectivity index (χ1v) is 8.00. The SMILES string of the molecule is CNC(=O)C1CCN(S(=O)(=O)N2CCOCC2)CC1. The molecule has 1 N–H and O–H groups in total. The second-order valence-corrected chi connectivity index (χ2v) is 6.74. The number of hydrogen-bond acceptors (Lipinski definition) is 4. The Hall–Kier alpha value is -0.700. The van der Waals surface area contributed by atoms with Crippen LogP contribution in [0.15, 0.2) is 0 Å². The summed E-state index contributed by atoms with van der Waals surface area (Å²) in [5.41, 5.74) is 0. The molecule has 0 radical (unpaired) electrons. The van der Waals surface area contributed by atoms with Crippen LogP contribution in [-0.4, -0.2) is 69.4 Å². The summed E-state index contributed by atoms with van der Waals surface area (Å²) in [6.07, 6.45) is 1.17. The maximum Gasteiger partial charge on any atom is 0.282 e. The van der Waals surface area contributed by atoms with Crippen LogP contribution in [0.4, 0.5) is 0 Å². The van der Waals surface area contributed by atoms with Crippen LogP contribution in [0.1, 0.15) is 12.8 Å². The highest BCUT2D eigenvalue weighted by Crippen LogP contribution is 2.21. The molecule has 0 bridgehead atoms. The molecule has 0 aromatic rings. The fraction of sp³-hybridized carbons (Fsp3) is 0.909. The summed E-state index contributed by atoms with van der Waals surface area (Å²) in [6, 6.07) is 0. The maximum absolute atomic E-state index is 12.4. The molecule has 0 aliphatic carbocycles. The Kier molecular flexibility index (Phi) is 4.77. The van der Waals surface area contributed by atoms with E-state index in [1.54, 1.807) is 7.05 Å². The molecule has 2 fully saturated rings. The Morgan fingerprint density at radius 1 is 1.11 bits per heavy atom. The zero-order chi connectivity index (χ0) is 13.9. The van der Waals surface area contributed by atoms with Gasteiger partial charge in [0.2, 0.25) is 5.91 Å². The van der Waals surface area contributed by atoms with Crippen LogP contribution >= 0.6 is 0 Å². The Labute approximate surface area is 114 Å². The van der Waals surface area contributed by atoms with E-state index in [1.165, 1.54) is 8.61 Å². The van der Waals surface area contributed by atoms with Gasteiger partial charge in [0.25, 0.3) is 10.2 Å². The summed E-state index contributed by atoms with van der Waals surface area (Å²) in [6.45, 7) is 2.56. The van der Waals surface area contributed by atoms with Crippen LogP contribution < -0.4 is 5.32 Å². The molecule has 0 spiro atoms. The van der Waals surface area contributed by atoms with Gasteiger partial charge in [-0.1, -0.05) is 0 Å². The number of nitrogens with one attached hydrogen (secondary N) is 1. The fourth-order valence-corrected chi connectivity index (χ4v) is 4.10. The van der Waals surface area contributed by atoms with Gasteiger partial charge in [0, 0.05) is 39.1 Å². The Morgan fingerprint density at radius 2 is 1.63 bits per heavy atom. The zero-order valence-corrected chi connectivity index (χ0v) is 12.0. The van der Waals surface area contributed by atoms with Crippen molar-refractivity contribution in [3.8, 4) is 0 Å². The van der Waals surface area contributed by atoms with E-state index in [9.17, 15) is 13.2 Å². The largest absolute Gasteiger partial charge is 0.379 e. The van der Waals surface area contributed by atoms with Gasteiger partial charge >= 0.3 is 0 Å². The Bertz CT molecular complexity index is 412. The second kappa shape index (κ2) is 6.17. The first-order valence-electron chi connectivity index (χ1n) is 6.60. The van der Waals surface area contributed by atoms with Gasteiger partial charge < -0.3 is 10.1 Å². The van der Waals surface area contributed by atoms with Crippen molar-refractivity contribution in [3.05, 3.63) is 0 Å². The minimum atomic E-state index is -3.39. The van der Waals surface area contributed by atoms with Crippen LogP contribution in [0.2, 0.25) is 0 Å². The number of amides is 1. The molecule has 2 rings (SSSR count). The van der Waals surface area contributed by atoms with Gasteiger partial charge in [0.15, 0.2) is 0 Å². The number of carbonyl (C=O) groups excluding carboxylic acids is 1. The van der Waals surface area contributed by atoms with Gasteiger partial charge in [0.1, 0.15) is 0 Å². The monoisotopic (exact) mass is 291 g/mol. The van der Waals surface area contributed by atoms with Crippen molar-refractivity contribution in [1.82, 2.24) is 13.9 Å². The highest BCUT2D eigenvalue weighted by Gasteiger charge is 2.35. The van der Waals surface area contributed by atoms with E-state index in [0.717, 1.165) is 0 Å². The van der Waals surface area contributed by atoms with Crippen LogP contribution in [0.5, 0.6) is 0 Å². The highest BCUT2D eigenvalue weighted by atomic mass is 32.2. The smallest absolute Gasteiger partial charge is 0.282 e. The Balaban J connectivity index is 1.94. The third-order valence-electron chi connectivity index (χ3n) is 3.69. The lowest BCUT2D eigenvalue weighted by Crippen LogP contribution is -2.51. The van der Waals surface area contributed by atoms with Gasteiger partial charge in [-0.05, 0) is 12.8 Å². The molecule has 0 saturated carbocycles. The lowest BCUT2D eigenvalue weighted by molar-refractivity contribution is -0.125. The maximum atomic E-state index is 12.4. The van der Waals surface area contributed by atoms with Crippen molar-refractivity contribution in [1.29, 1.82) is 0 Å². The number of ether oxygens (including phenoxy) is 1. The molecular weight excluding hydrogens is 270 g/mol. The van der Waals surface area contributed by atoms with Crippen LogP contribution in [0.25, 0.3) is 0 Å². The van der Waals surface area contributed by atoms with Gasteiger partial charge in [-0.25, -0.2) is 0 Å². The van der Waals surface area contributed by atoms with E-state index in [-0.39, 0.29) is 11.8 Å². The summed E-state index contributed by atoms with van der Waals surface area (Å²) in [5, 5.41) is 2.62. The third-order valence-corrected chi connectivity index (χ3v) is 5.73. The number of hydrogen-bond donors (Lipinski definition) is 1. The molecule has 0 unspecified atom stereocenters. The average Bonchev–Trinajstić information content (AvgIpc) is 2.47. The van der Waals surface area contributed by atoms with Crippen molar-refractivity contribution in [3.63, 3.8) is 0 Å². The van der Waals surface area contributed by atoms with E-state index in [2.05, 4.69) is 5.32 Å². The molecule has 8 heteroatoms. The number of nitrogens with zero attached hydrogens (tertiary/aromatic N) is 2. The number of morpholine rings is 1. The lowest BCUT2D eigenvalue weighted by Gasteiger charge is -2.35. The molecule has 2 heterocycles. The molecule has 2 aliphatic rings. The van der Waals surface area contributed by atoms with Crippen LogP contribution in [0.3, 0.4) is 0 Å². The first kappa shape index (κ1) is 14.7. The van der Waals surface area contributed by atoms with Crippen LogP contribution in [0, 0.1) is 5.92 Å². The molecule has 2 saturated heterocycles. The second-order valence-electron chi connectivity index (χ2n) is 4.81. The highest BCUT2D eigenvalue weighted by molar-refractivity contribution is 7.86. The van der Waals surface area contributed by atoms with Crippen molar-refractivity contribution in [2.45, 2.75) is 12.8 Å². The molecule has 2 aliphatic heterocycles. The van der Waals surface area contributed by atoms with E-state index in [0.29, 0.717) is 52.2 Å². The predicted molar refractivity (Wildman–Crippen MR) is 69.7 cm³/mol. The number of piperidine rings is 1. The molecule has 7 nitrogen and oxygen atoms in total. The minimum absolute atomic E-state index is 0.00317. The van der Waals surface area contributed by atoms with Gasteiger partial charge in [-0.2, -0.15) is 17.0 Å². The minimum Gasteiger partial charge on any atom is -0.379 e. The first-order chi connectivity index (χ1) is 9.05. The van der Waals surface area contributed by atoms with E-state index in [1.807, 2.05) is 0 Å². The summed E-state index contributed by atoms with van der Waals surface area (Å²) < 4.78 is 32.9. The topological polar surface area (TPSA) is 79.0 Å². The predicted octanol–water partition coefficient (Wildman–Crippen LogP) is -0.979. The van der Waals surface area contributed by atoms with Gasteiger partial charge in [0.05, 0.1) is 13.2 Å². The van der Waals surface area contributed by atoms with Crippen molar-refractivity contribution >= 4 is 16.1 Å². The molecule has 19 heavy (non-hydrogen) atoms. The van der Waals surface area contributed by atoms with Crippen molar-refractivity contribution in [2.75, 3.05) is 46.4 Å². The number of rotatable bonds is 3. The lowest BCUT2D eigenvalue weighted by atomic mass is 9.97. The molecule has 1 amide bonds. The molecule has 0 aromatic carbocycles. The zero-order valence-electron chi connectivity index (χ0n) is 11.2. The summed E-state index contributed by atoms with van der Waals surface area (Å²) >= 11 is 0. The quantitative estimate of drug-likeness (QED) is 0.725. The van der Waals surface area contributed by atoms with Crippen molar-refractivity contribution in [2.24, 2.45) is 5.92 Å². The van der Waals surface area contributed by atoms with E-state index in [4.69, 9.17) is 4.74 Å². The van der Waals surface area contributed by atoms with E-state index < -0.39 is 10.2 Å². The summed E-state index contributed by atoms with van der Waals surface area (Å²) in [5.74, 6) is -0.0652. The third kappa shape index (κ3) is 3.25. The summed E-state index contributed by atoms with van der Waals surface area (Å²) in [7, 11) is -1.78. The van der Waals surface area contributed by atoms with Gasteiger partial charge in [-0.15, -0.1) is 0 Å².